The van der Waals surface area contributed by atoms with Gasteiger partial charge in [0.05, 0.1) is 12.6 Å². The van der Waals surface area contributed by atoms with Crippen molar-refractivity contribution in [1.29, 1.82) is 0 Å². The minimum atomic E-state index is -0.358. The molecular formula is C15H17N3O3. The summed E-state index contributed by atoms with van der Waals surface area (Å²) in [5.74, 6) is -0.273. The molecule has 0 radical (unpaired) electrons. The van der Waals surface area contributed by atoms with E-state index in [1.54, 1.807) is 4.90 Å². The lowest BCUT2D eigenvalue weighted by Gasteiger charge is -2.42. The maximum Gasteiger partial charge on any atom is 0.324 e. The van der Waals surface area contributed by atoms with Crippen LogP contribution < -0.4 is 5.32 Å². The predicted molar refractivity (Wildman–Crippen MR) is 75.9 cm³/mol. The largest absolute Gasteiger partial charge is 0.334 e. The lowest BCUT2D eigenvalue weighted by molar-refractivity contribution is -0.128. The number of likely N-dealkylation sites (tertiary alicyclic amines) is 1. The van der Waals surface area contributed by atoms with Gasteiger partial charge in [-0.1, -0.05) is 6.07 Å². The number of benzene rings is 1. The quantitative estimate of drug-likeness (QED) is 0.813. The molecule has 0 spiro atoms. The molecule has 1 aromatic carbocycles. The summed E-state index contributed by atoms with van der Waals surface area (Å²) in [7, 11) is 0. The summed E-state index contributed by atoms with van der Waals surface area (Å²) >= 11 is 0. The van der Waals surface area contributed by atoms with Crippen molar-refractivity contribution >= 4 is 17.8 Å². The number of carbonyl (C=O) groups is 3. The number of rotatable bonds is 2. The third-order valence-electron chi connectivity index (χ3n) is 4.15. The molecule has 3 rings (SSSR count). The minimum absolute atomic E-state index is 0.0543. The molecule has 6 heteroatoms. The first-order valence-electron chi connectivity index (χ1n) is 6.94. The lowest BCUT2D eigenvalue weighted by atomic mass is 10.0. The molecule has 0 aromatic heterocycles. The standard InChI is InChI=1S/C15H17N3O3/c1-9-3-4-11(5-10(9)2)14(20)17-7-12(8-17)18-13(19)6-16-15(18)21/h3-5,12H,6-8H2,1-2H3,(H,16,21). The van der Waals surface area contributed by atoms with Gasteiger partial charge in [-0.3, -0.25) is 14.5 Å². The molecule has 2 aliphatic rings. The van der Waals surface area contributed by atoms with E-state index in [0.29, 0.717) is 18.7 Å². The maximum absolute atomic E-state index is 12.3. The zero-order valence-corrected chi connectivity index (χ0v) is 12.0. The van der Waals surface area contributed by atoms with Crippen LogP contribution in [0.15, 0.2) is 18.2 Å². The van der Waals surface area contributed by atoms with Crippen LogP contribution >= 0.6 is 0 Å². The van der Waals surface area contributed by atoms with Crippen LogP contribution in [0, 0.1) is 13.8 Å². The molecule has 110 valence electrons. The molecule has 0 aliphatic carbocycles. The molecule has 0 unspecified atom stereocenters. The number of hydrogen-bond acceptors (Lipinski definition) is 3. The second-order valence-electron chi connectivity index (χ2n) is 5.59. The van der Waals surface area contributed by atoms with Gasteiger partial charge < -0.3 is 10.2 Å². The van der Waals surface area contributed by atoms with Crippen molar-refractivity contribution in [3.63, 3.8) is 0 Å². The normalized spacial score (nSPS) is 18.8. The number of carbonyl (C=O) groups excluding carboxylic acids is 3. The average molecular weight is 287 g/mol. The smallest absolute Gasteiger partial charge is 0.324 e. The Morgan fingerprint density at radius 3 is 2.48 bits per heavy atom. The van der Waals surface area contributed by atoms with Crippen molar-refractivity contribution in [2.75, 3.05) is 19.6 Å². The Morgan fingerprint density at radius 2 is 1.90 bits per heavy atom. The predicted octanol–water partition coefficient (Wildman–Crippen LogP) is 0.680. The molecule has 2 saturated heterocycles. The summed E-state index contributed by atoms with van der Waals surface area (Å²) in [6.45, 7) is 4.84. The van der Waals surface area contributed by atoms with Gasteiger partial charge in [0.25, 0.3) is 5.91 Å². The van der Waals surface area contributed by atoms with E-state index in [1.807, 2.05) is 32.0 Å². The van der Waals surface area contributed by atoms with Crippen molar-refractivity contribution < 1.29 is 14.4 Å². The minimum Gasteiger partial charge on any atom is -0.334 e. The van der Waals surface area contributed by atoms with E-state index in [0.717, 1.165) is 11.1 Å². The molecule has 1 N–H and O–H groups in total. The first-order chi connectivity index (χ1) is 9.97. The van der Waals surface area contributed by atoms with Crippen molar-refractivity contribution in [2.24, 2.45) is 0 Å². The van der Waals surface area contributed by atoms with E-state index < -0.39 is 0 Å². The van der Waals surface area contributed by atoms with Gasteiger partial charge >= 0.3 is 6.03 Å². The monoisotopic (exact) mass is 287 g/mol. The van der Waals surface area contributed by atoms with Gasteiger partial charge in [-0.25, -0.2) is 4.79 Å². The summed E-state index contributed by atoms with van der Waals surface area (Å²) in [5.41, 5.74) is 2.87. The molecule has 0 bridgehead atoms. The average Bonchev–Trinajstić information content (AvgIpc) is 2.72. The molecule has 0 atom stereocenters. The van der Waals surface area contributed by atoms with Crippen LogP contribution in [0.5, 0.6) is 0 Å². The first-order valence-corrected chi connectivity index (χ1v) is 6.94. The highest BCUT2D eigenvalue weighted by molar-refractivity contribution is 6.03. The van der Waals surface area contributed by atoms with Crippen LogP contribution in [-0.4, -0.2) is 53.3 Å². The Bertz CT molecular complexity index is 619. The zero-order chi connectivity index (χ0) is 15.1. The molecule has 6 nitrogen and oxygen atoms in total. The fraction of sp³-hybridized carbons (Fsp3) is 0.400. The summed E-state index contributed by atoms with van der Waals surface area (Å²) < 4.78 is 0. The van der Waals surface area contributed by atoms with Gasteiger partial charge in [-0.05, 0) is 37.1 Å². The van der Waals surface area contributed by atoms with Crippen molar-refractivity contribution in [1.82, 2.24) is 15.1 Å². The fourth-order valence-electron chi connectivity index (χ4n) is 2.65. The third-order valence-corrected chi connectivity index (χ3v) is 4.15. The Balaban J connectivity index is 1.65. The van der Waals surface area contributed by atoms with Gasteiger partial charge in [0.2, 0.25) is 5.91 Å². The molecule has 1 aromatic rings. The van der Waals surface area contributed by atoms with Gasteiger partial charge in [0.15, 0.2) is 0 Å². The highest BCUT2D eigenvalue weighted by Crippen LogP contribution is 2.21. The number of imide groups is 1. The van der Waals surface area contributed by atoms with Crippen molar-refractivity contribution in [2.45, 2.75) is 19.9 Å². The topological polar surface area (TPSA) is 69.7 Å². The summed E-state index contributed by atoms with van der Waals surface area (Å²) in [6, 6.07) is 5.06. The maximum atomic E-state index is 12.3. The molecule has 2 aliphatic heterocycles. The van der Waals surface area contributed by atoms with E-state index in [4.69, 9.17) is 0 Å². The third kappa shape index (κ3) is 2.26. The van der Waals surface area contributed by atoms with Crippen LogP contribution in [0.4, 0.5) is 4.79 Å². The van der Waals surface area contributed by atoms with Gasteiger partial charge in [0.1, 0.15) is 0 Å². The Morgan fingerprint density at radius 1 is 1.19 bits per heavy atom. The van der Waals surface area contributed by atoms with Crippen LogP contribution in [0.25, 0.3) is 0 Å². The lowest BCUT2D eigenvalue weighted by Crippen LogP contribution is -2.62. The second-order valence-corrected chi connectivity index (χ2v) is 5.59. The molecule has 2 fully saturated rings. The molecule has 0 saturated carbocycles. The van der Waals surface area contributed by atoms with E-state index in [-0.39, 0.29) is 30.4 Å². The Kier molecular flexibility index (Phi) is 3.16. The Labute approximate surface area is 122 Å². The van der Waals surface area contributed by atoms with E-state index >= 15 is 0 Å². The van der Waals surface area contributed by atoms with Crippen LogP contribution in [0.1, 0.15) is 21.5 Å². The van der Waals surface area contributed by atoms with Gasteiger partial charge in [-0.2, -0.15) is 0 Å². The number of nitrogens with zero attached hydrogens (tertiary/aromatic N) is 2. The highest BCUT2D eigenvalue weighted by atomic mass is 16.2. The molecular weight excluding hydrogens is 270 g/mol. The van der Waals surface area contributed by atoms with Gasteiger partial charge in [0, 0.05) is 18.7 Å². The van der Waals surface area contributed by atoms with E-state index in [9.17, 15) is 14.4 Å². The van der Waals surface area contributed by atoms with Crippen molar-refractivity contribution in [3.05, 3.63) is 34.9 Å². The number of amides is 4. The van der Waals surface area contributed by atoms with E-state index in [2.05, 4.69) is 5.32 Å². The summed E-state index contributed by atoms with van der Waals surface area (Å²) in [5, 5.41) is 2.49. The van der Waals surface area contributed by atoms with Crippen molar-refractivity contribution in [3.8, 4) is 0 Å². The number of hydrogen-bond donors (Lipinski definition) is 1. The highest BCUT2D eigenvalue weighted by Gasteiger charge is 2.43. The first kappa shape index (κ1) is 13.6. The summed E-state index contributed by atoms with van der Waals surface area (Å²) in [4.78, 5) is 38.3. The second kappa shape index (κ2) is 4.87. The summed E-state index contributed by atoms with van der Waals surface area (Å²) in [6.07, 6.45) is 0. The van der Waals surface area contributed by atoms with Gasteiger partial charge in [-0.15, -0.1) is 0 Å². The molecule has 21 heavy (non-hydrogen) atoms. The zero-order valence-electron chi connectivity index (χ0n) is 12.0. The Hall–Kier alpha value is -2.37. The van der Waals surface area contributed by atoms with Crippen LogP contribution in [0.2, 0.25) is 0 Å². The molecule has 4 amide bonds. The van der Waals surface area contributed by atoms with Crippen LogP contribution in [0.3, 0.4) is 0 Å². The van der Waals surface area contributed by atoms with E-state index in [1.165, 1.54) is 4.90 Å². The SMILES string of the molecule is Cc1ccc(C(=O)N2CC(N3C(=O)CNC3=O)C2)cc1C. The number of nitrogens with one attached hydrogen (secondary N) is 1. The fourth-order valence-corrected chi connectivity index (χ4v) is 2.65. The molecule has 2 heterocycles. The number of urea groups is 1. The number of aryl methyl sites for hydroxylation is 2. The van der Waals surface area contributed by atoms with Crippen LogP contribution in [-0.2, 0) is 4.79 Å².